The monoisotopic (exact) mass is 387 g/mol. The van der Waals surface area contributed by atoms with E-state index >= 15 is 0 Å². The molecule has 144 valence electrons. The highest BCUT2D eigenvalue weighted by Crippen LogP contribution is 2.22. The van der Waals surface area contributed by atoms with E-state index in [9.17, 15) is 9.59 Å². The highest BCUT2D eigenvalue weighted by atomic mass is 32.1. The van der Waals surface area contributed by atoms with Crippen LogP contribution in [0.2, 0.25) is 0 Å². The van der Waals surface area contributed by atoms with Gasteiger partial charge in [0.25, 0.3) is 5.91 Å². The Bertz CT molecular complexity index is 756. The maximum absolute atomic E-state index is 12.4. The Morgan fingerprint density at radius 3 is 2.70 bits per heavy atom. The van der Waals surface area contributed by atoms with Crippen molar-refractivity contribution < 1.29 is 14.3 Å². The van der Waals surface area contributed by atoms with Gasteiger partial charge in [0.2, 0.25) is 5.91 Å². The summed E-state index contributed by atoms with van der Waals surface area (Å²) >= 11 is 1.50. The van der Waals surface area contributed by atoms with Crippen molar-refractivity contribution >= 4 is 28.8 Å². The van der Waals surface area contributed by atoms with Crippen LogP contribution in [0.5, 0.6) is 5.75 Å². The van der Waals surface area contributed by atoms with E-state index in [2.05, 4.69) is 16.3 Å². The van der Waals surface area contributed by atoms with Gasteiger partial charge in [0.1, 0.15) is 5.75 Å². The summed E-state index contributed by atoms with van der Waals surface area (Å²) in [6.07, 6.45) is 1.12. The van der Waals surface area contributed by atoms with Gasteiger partial charge in [0, 0.05) is 61.8 Å². The summed E-state index contributed by atoms with van der Waals surface area (Å²) in [5, 5.41) is 6.56. The van der Waals surface area contributed by atoms with Crippen LogP contribution < -0.4 is 15.0 Å². The molecule has 6 nitrogen and oxygen atoms in total. The number of ether oxygens (including phenoxy) is 1. The number of anilines is 1. The fraction of sp³-hybridized carbons (Fsp3) is 0.400. The van der Waals surface area contributed by atoms with E-state index in [0.717, 1.165) is 37.6 Å². The maximum Gasteiger partial charge on any atom is 0.252 e. The Morgan fingerprint density at radius 1 is 1.19 bits per heavy atom. The molecule has 0 spiro atoms. The molecule has 0 saturated carbocycles. The number of hydrogen-bond acceptors (Lipinski definition) is 5. The van der Waals surface area contributed by atoms with Crippen molar-refractivity contribution in [2.45, 2.75) is 12.8 Å². The summed E-state index contributed by atoms with van der Waals surface area (Å²) in [5.41, 5.74) is 1.80. The second kappa shape index (κ2) is 9.41. The number of carbonyl (C=O) groups excluding carboxylic acids is 2. The lowest BCUT2D eigenvalue weighted by Crippen LogP contribution is -2.48. The lowest BCUT2D eigenvalue weighted by Gasteiger charge is -2.36. The van der Waals surface area contributed by atoms with Crippen LogP contribution in [0.1, 0.15) is 23.2 Å². The third-order valence-corrected chi connectivity index (χ3v) is 5.37. The molecule has 1 saturated heterocycles. The van der Waals surface area contributed by atoms with Crippen molar-refractivity contribution in [1.29, 1.82) is 0 Å². The Kier molecular flexibility index (Phi) is 6.70. The molecule has 0 unspecified atom stereocenters. The van der Waals surface area contributed by atoms with Gasteiger partial charge >= 0.3 is 0 Å². The first-order chi connectivity index (χ1) is 13.2. The first-order valence-corrected chi connectivity index (χ1v) is 10.1. The highest BCUT2D eigenvalue weighted by molar-refractivity contribution is 7.08. The van der Waals surface area contributed by atoms with Crippen molar-refractivity contribution in [3.63, 3.8) is 0 Å². The number of benzene rings is 1. The Hall–Kier alpha value is -2.54. The number of thiophene rings is 1. The van der Waals surface area contributed by atoms with Gasteiger partial charge in [-0.1, -0.05) is 6.07 Å². The molecule has 2 heterocycles. The summed E-state index contributed by atoms with van der Waals surface area (Å²) in [6.45, 7) is 3.58. The Labute approximate surface area is 163 Å². The van der Waals surface area contributed by atoms with E-state index in [-0.39, 0.29) is 11.8 Å². The quantitative estimate of drug-likeness (QED) is 0.742. The van der Waals surface area contributed by atoms with Crippen LogP contribution in [-0.4, -0.2) is 56.5 Å². The fourth-order valence-corrected chi connectivity index (χ4v) is 3.75. The zero-order chi connectivity index (χ0) is 19.1. The van der Waals surface area contributed by atoms with Crippen LogP contribution in [0.3, 0.4) is 0 Å². The van der Waals surface area contributed by atoms with Crippen LogP contribution in [0.4, 0.5) is 5.69 Å². The molecular weight excluding hydrogens is 362 g/mol. The summed E-state index contributed by atoms with van der Waals surface area (Å²) in [6, 6.07) is 9.80. The molecule has 0 radical (unpaired) electrons. The number of rotatable bonds is 7. The van der Waals surface area contributed by atoms with E-state index in [1.807, 2.05) is 33.9 Å². The molecule has 0 atom stereocenters. The predicted molar refractivity (Wildman–Crippen MR) is 108 cm³/mol. The molecule has 1 aromatic heterocycles. The van der Waals surface area contributed by atoms with Crippen molar-refractivity contribution in [1.82, 2.24) is 10.2 Å². The van der Waals surface area contributed by atoms with E-state index in [1.54, 1.807) is 13.2 Å². The maximum atomic E-state index is 12.4. The van der Waals surface area contributed by atoms with Gasteiger partial charge in [0.05, 0.1) is 7.11 Å². The first-order valence-electron chi connectivity index (χ1n) is 9.14. The van der Waals surface area contributed by atoms with E-state index in [1.165, 1.54) is 11.3 Å². The van der Waals surface area contributed by atoms with Crippen LogP contribution in [0, 0.1) is 0 Å². The number of carbonyl (C=O) groups is 2. The number of hydrogen-bond donors (Lipinski definition) is 1. The highest BCUT2D eigenvalue weighted by Gasteiger charge is 2.21. The lowest BCUT2D eigenvalue weighted by molar-refractivity contribution is -0.131. The van der Waals surface area contributed by atoms with Gasteiger partial charge in [-0.25, -0.2) is 0 Å². The molecule has 3 rings (SSSR count). The van der Waals surface area contributed by atoms with Crippen molar-refractivity contribution in [2.75, 3.05) is 44.7 Å². The minimum absolute atomic E-state index is 0.0735. The predicted octanol–water partition coefficient (Wildman–Crippen LogP) is 2.62. The topological polar surface area (TPSA) is 61.9 Å². The molecule has 1 fully saturated rings. The molecule has 1 N–H and O–H groups in total. The van der Waals surface area contributed by atoms with Crippen molar-refractivity contribution in [2.24, 2.45) is 0 Å². The van der Waals surface area contributed by atoms with Gasteiger partial charge in [-0.15, -0.1) is 0 Å². The number of amides is 2. The molecule has 0 bridgehead atoms. The number of nitrogens with one attached hydrogen (secondary N) is 1. The molecule has 0 aliphatic carbocycles. The number of nitrogens with zero attached hydrogens (tertiary/aromatic N) is 2. The molecule has 2 aromatic rings. The van der Waals surface area contributed by atoms with E-state index in [4.69, 9.17) is 4.74 Å². The third kappa shape index (κ3) is 5.23. The van der Waals surface area contributed by atoms with Crippen LogP contribution in [0.25, 0.3) is 0 Å². The van der Waals surface area contributed by atoms with Gasteiger partial charge in [-0.05, 0) is 30.0 Å². The second-order valence-electron chi connectivity index (χ2n) is 6.44. The number of piperazine rings is 1. The molecule has 1 aliphatic heterocycles. The lowest BCUT2D eigenvalue weighted by atomic mass is 10.2. The minimum atomic E-state index is -0.0735. The van der Waals surface area contributed by atoms with Crippen LogP contribution >= 0.6 is 11.3 Å². The Morgan fingerprint density at radius 2 is 2.00 bits per heavy atom. The van der Waals surface area contributed by atoms with Crippen LogP contribution in [-0.2, 0) is 4.79 Å². The Balaban J connectivity index is 1.37. The summed E-state index contributed by atoms with van der Waals surface area (Å²) in [4.78, 5) is 28.4. The molecule has 2 amide bonds. The standard InChI is InChI=1S/C20H25N3O3S/c1-26-18-5-2-4-17(14-18)22-9-11-23(12-10-22)19(24)6-3-8-21-20(25)16-7-13-27-15-16/h2,4-5,7,13-15H,3,6,8-12H2,1H3,(H,21,25). The molecular formula is C20H25N3O3S. The minimum Gasteiger partial charge on any atom is -0.497 e. The van der Waals surface area contributed by atoms with Crippen LogP contribution in [0.15, 0.2) is 41.1 Å². The van der Waals surface area contributed by atoms with Crippen molar-refractivity contribution in [3.05, 3.63) is 46.7 Å². The molecule has 27 heavy (non-hydrogen) atoms. The molecule has 7 heteroatoms. The normalized spacial score (nSPS) is 14.1. The zero-order valence-corrected chi connectivity index (χ0v) is 16.3. The SMILES string of the molecule is COc1cccc(N2CCN(C(=O)CCCNC(=O)c3ccsc3)CC2)c1. The first kappa shape index (κ1) is 19.2. The zero-order valence-electron chi connectivity index (χ0n) is 15.5. The summed E-state index contributed by atoms with van der Waals surface area (Å²) in [5.74, 6) is 0.927. The summed E-state index contributed by atoms with van der Waals surface area (Å²) < 4.78 is 5.28. The van der Waals surface area contributed by atoms with Gasteiger partial charge in [-0.3, -0.25) is 9.59 Å². The fourth-order valence-electron chi connectivity index (χ4n) is 3.12. The second-order valence-corrected chi connectivity index (χ2v) is 7.22. The van der Waals surface area contributed by atoms with Gasteiger partial charge in [0.15, 0.2) is 0 Å². The van der Waals surface area contributed by atoms with Gasteiger partial charge in [-0.2, -0.15) is 11.3 Å². The average molecular weight is 388 g/mol. The van der Waals surface area contributed by atoms with E-state index < -0.39 is 0 Å². The summed E-state index contributed by atoms with van der Waals surface area (Å²) in [7, 11) is 1.67. The molecule has 1 aromatic carbocycles. The van der Waals surface area contributed by atoms with Crippen molar-refractivity contribution in [3.8, 4) is 5.75 Å². The smallest absolute Gasteiger partial charge is 0.252 e. The third-order valence-electron chi connectivity index (χ3n) is 4.69. The van der Waals surface area contributed by atoms with Gasteiger partial charge < -0.3 is 19.9 Å². The largest absolute Gasteiger partial charge is 0.497 e. The van der Waals surface area contributed by atoms with E-state index in [0.29, 0.717) is 24.9 Å². The molecule has 1 aliphatic rings. The average Bonchev–Trinajstić information content (AvgIpc) is 3.26. The number of methoxy groups -OCH3 is 1.